The van der Waals surface area contributed by atoms with Gasteiger partial charge in [0.2, 0.25) is 0 Å². The second kappa shape index (κ2) is 7.49. The Bertz CT molecular complexity index is 169. The number of rotatable bonds is 6. The van der Waals surface area contributed by atoms with E-state index in [0.29, 0.717) is 6.04 Å². The van der Waals surface area contributed by atoms with Crippen molar-refractivity contribution in [3.63, 3.8) is 0 Å². The van der Waals surface area contributed by atoms with Gasteiger partial charge in [-0.1, -0.05) is 6.92 Å². The van der Waals surface area contributed by atoms with Gasteiger partial charge < -0.3 is 10.5 Å². The third-order valence-corrected chi connectivity index (χ3v) is 3.88. The molecule has 1 fully saturated rings. The predicted octanol–water partition coefficient (Wildman–Crippen LogP) is 1.18. The molecule has 4 heteroatoms. The highest BCUT2D eigenvalue weighted by Crippen LogP contribution is 2.17. The van der Waals surface area contributed by atoms with E-state index >= 15 is 0 Å². The van der Waals surface area contributed by atoms with Crippen LogP contribution in [0.1, 0.15) is 19.8 Å². The molecule has 0 bridgehead atoms. The highest BCUT2D eigenvalue weighted by molar-refractivity contribution is 7.99. The van der Waals surface area contributed by atoms with Gasteiger partial charge in [-0.15, -0.1) is 0 Å². The molecule has 0 saturated carbocycles. The first kappa shape index (κ1) is 13.3. The average molecular weight is 232 g/mol. The van der Waals surface area contributed by atoms with Crippen molar-refractivity contribution in [3.05, 3.63) is 0 Å². The Labute approximate surface area is 97.7 Å². The lowest BCUT2D eigenvalue weighted by atomic mass is 10.1. The third-order valence-electron chi connectivity index (χ3n) is 2.74. The number of thioether (sulfide) groups is 1. The Hall–Kier alpha value is 0.230. The van der Waals surface area contributed by atoms with Crippen LogP contribution < -0.4 is 5.73 Å². The fourth-order valence-electron chi connectivity index (χ4n) is 1.97. The van der Waals surface area contributed by atoms with Crippen LogP contribution in [0.2, 0.25) is 0 Å². The summed E-state index contributed by atoms with van der Waals surface area (Å²) in [5.74, 6) is 1.26. The second-order valence-corrected chi connectivity index (χ2v) is 5.88. The predicted molar refractivity (Wildman–Crippen MR) is 67.4 cm³/mol. The van der Waals surface area contributed by atoms with Crippen LogP contribution in [0.4, 0.5) is 0 Å². The van der Waals surface area contributed by atoms with Crippen molar-refractivity contribution in [2.45, 2.75) is 31.1 Å². The Kier molecular flexibility index (Phi) is 6.64. The molecule has 1 heterocycles. The Morgan fingerprint density at radius 2 is 2.40 bits per heavy atom. The fraction of sp³-hybridized carbons (Fsp3) is 1.00. The minimum Gasteiger partial charge on any atom is -0.385 e. The molecule has 2 unspecified atom stereocenters. The quantitative estimate of drug-likeness (QED) is 0.698. The van der Waals surface area contributed by atoms with Crippen LogP contribution in [0.5, 0.6) is 0 Å². The zero-order valence-electron chi connectivity index (χ0n) is 9.95. The number of nitrogens with zero attached hydrogens (tertiary/aromatic N) is 1. The molecular weight excluding hydrogens is 208 g/mol. The van der Waals surface area contributed by atoms with Crippen molar-refractivity contribution >= 4 is 11.8 Å². The van der Waals surface area contributed by atoms with Gasteiger partial charge >= 0.3 is 0 Å². The molecular formula is C11H24N2OS. The largest absolute Gasteiger partial charge is 0.385 e. The summed E-state index contributed by atoms with van der Waals surface area (Å²) in [7, 11) is 1.75. The lowest BCUT2D eigenvalue weighted by Gasteiger charge is -2.32. The average Bonchev–Trinajstić information content (AvgIpc) is 2.18. The summed E-state index contributed by atoms with van der Waals surface area (Å²) in [6.45, 7) is 6.58. The van der Waals surface area contributed by atoms with Crippen LogP contribution in [-0.4, -0.2) is 55.3 Å². The zero-order valence-corrected chi connectivity index (χ0v) is 10.8. The van der Waals surface area contributed by atoms with Gasteiger partial charge in [0.1, 0.15) is 0 Å². The molecule has 0 spiro atoms. The molecule has 1 aliphatic heterocycles. The first-order chi connectivity index (χ1) is 7.22. The lowest BCUT2D eigenvalue weighted by molar-refractivity contribution is 0.185. The molecule has 0 aromatic carbocycles. The molecule has 1 aliphatic rings. The van der Waals surface area contributed by atoms with Gasteiger partial charge in [-0.25, -0.2) is 0 Å². The van der Waals surface area contributed by atoms with Gasteiger partial charge in [0, 0.05) is 50.4 Å². The van der Waals surface area contributed by atoms with Crippen LogP contribution in [0.25, 0.3) is 0 Å². The summed E-state index contributed by atoms with van der Waals surface area (Å²) in [5, 5.41) is 0.768. The number of methoxy groups -OCH3 is 1. The van der Waals surface area contributed by atoms with Crippen molar-refractivity contribution in [2.24, 2.45) is 5.73 Å². The van der Waals surface area contributed by atoms with Crippen LogP contribution in [0.3, 0.4) is 0 Å². The van der Waals surface area contributed by atoms with Crippen molar-refractivity contribution < 1.29 is 4.74 Å². The normalized spacial score (nSPS) is 25.4. The third kappa shape index (κ3) is 5.76. The molecule has 90 valence electrons. The Morgan fingerprint density at radius 3 is 3.07 bits per heavy atom. The van der Waals surface area contributed by atoms with Crippen LogP contribution in [-0.2, 0) is 4.74 Å². The topological polar surface area (TPSA) is 38.5 Å². The van der Waals surface area contributed by atoms with Gasteiger partial charge in [-0.05, 0) is 12.8 Å². The molecule has 1 saturated heterocycles. The Morgan fingerprint density at radius 1 is 1.60 bits per heavy atom. The van der Waals surface area contributed by atoms with Crippen molar-refractivity contribution in [1.29, 1.82) is 0 Å². The lowest BCUT2D eigenvalue weighted by Crippen LogP contribution is -2.43. The zero-order chi connectivity index (χ0) is 11.1. The van der Waals surface area contributed by atoms with Gasteiger partial charge in [0.25, 0.3) is 0 Å². The molecule has 1 rings (SSSR count). The second-order valence-electron chi connectivity index (χ2n) is 4.34. The van der Waals surface area contributed by atoms with Gasteiger partial charge in [0.15, 0.2) is 0 Å². The van der Waals surface area contributed by atoms with E-state index < -0.39 is 0 Å². The SMILES string of the molecule is COCCCC(N)CN1CCSC(C)C1. The van der Waals surface area contributed by atoms with Crippen molar-refractivity contribution in [2.75, 3.05) is 39.1 Å². The molecule has 0 aromatic heterocycles. The maximum atomic E-state index is 6.09. The van der Waals surface area contributed by atoms with E-state index in [1.807, 2.05) is 0 Å². The minimum absolute atomic E-state index is 0.315. The number of hydrogen-bond acceptors (Lipinski definition) is 4. The standard InChI is InChI=1S/C11H24N2OS/c1-10-8-13(5-7-15-10)9-11(12)4-3-6-14-2/h10-11H,3-9,12H2,1-2H3. The molecule has 2 N–H and O–H groups in total. The minimum atomic E-state index is 0.315. The molecule has 0 amide bonds. The summed E-state index contributed by atoms with van der Waals surface area (Å²) < 4.78 is 5.03. The van der Waals surface area contributed by atoms with Crippen molar-refractivity contribution in [3.8, 4) is 0 Å². The van der Waals surface area contributed by atoms with E-state index in [1.54, 1.807) is 7.11 Å². The monoisotopic (exact) mass is 232 g/mol. The highest BCUT2D eigenvalue weighted by Gasteiger charge is 2.18. The summed E-state index contributed by atoms with van der Waals surface area (Å²) >= 11 is 2.07. The van der Waals surface area contributed by atoms with E-state index in [2.05, 4.69) is 23.6 Å². The van der Waals surface area contributed by atoms with Crippen molar-refractivity contribution in [1.82, 2.24) is 4.90 Å². The van der Waals surface area contributed by atoms with Gasteiger partial charge in [-0.2, -0.15) is 11.8 Å². The molecule has 0 aromatic rings. The van der Waals surface area contributed by atoms with E-state index in [1.165, 1.54) is 18.8 Å². The molecule has 0 aliphatic carbocycles. The summed E-state index contributed by atoms with van der Waals surface area (Å²) in [6.07, 6.45) is 2.15. The molecule has 0 radical (unpaired) electrons. The van der Waals surface area contributed by atoms with E-state index in [9.17, 15) is 0 Å². The van der Waals surface area contributed by atoms with Gasteiger partial charge in [-0.3, -0.25) is 4.90 Å². The smallest absolute Gasteiger partial charge is 0.0462 e. The highest BCUT2D eigenvalue weighted by atomic mass is 32.2. The van der Waals surface area contributed by atoms with Crippen LogP contribution in [0, 0.1) is 0 Å². The first-order valence-electron chi connectivity index (χ1n) is 5.81. The van der Waals surface area contributed by atoms with E-state index in [-0.39, 0.29) is 0 Å². The molecule has 3 nitrogen and oxygen atoms in total. The summed E-state index contributed by atoms with van der Waals surface area (Å²) in [5.41, 5.74) is 6.09. The number of nitrogens with two attached hydrogens (primary N) is 1. The van der Waals surface area contributed by atoms with Gasteiger partial charge in [0.05, 0.1) is 0 Å². The maximum Gasteiger partial charge on any atom is 0.0462 e. The number of hydrogen-bond donors (Lipinski definition) is 1. The van der Waals surface area contributed by atoms with Crippen LogP contribution >= 0.6 is 11.8 Å². The summed E-state index contributed by atoms with van der Waals surface area (Å²) in [4.78, 5) is 2.50. The fourth-order valence-corrected chi connectivity index (χ4v) is 3.05. The first-order valence-corrected chi connectivity index (χ1v) is 6.85. The van der Waals surface area contributed by atoms with E-state index in [0.717, 1.165) is 31.2 Å². The van der Waals surface area contributed by atoms with E-state index in [4.69, 9.17) is 10.5 Å². The summed E-state index contributed by atoms with van der Waals surface area (Å²) in [6, 6.07) is 0.315. The maximum absolute atomic E-state index is 6.09. The molecule has 2 atom stereocenters. The molecule has 15 heavy (non-hydrogen) atoms. The Balaban J connectivity index is 2.10. The van der Waals surface area contributed by atoms with Crippen LogP contribution in [0.15, 0.2) is 0 Å². The number of ether oxygens (including phenoxy) is 1.